The molecule has 2 nitrogen and oxygen atoms in total. The minimum Gasteiger partial charge on any atom is -0.378 e. The first-order chi connectivity index (χ1) is 12.8. The Labute approximate surface area is 168 Å². The quantitative estimate of drug-likeness (QED) is 0.547. The van der Waals surface area contributed by atoms with Gasteiger partial charge in [0, 0.05) is 50.4 Å². The highest BCUT2D eigenvalue weighted by molar-refractivity contribution is 8.32. The van der Waals surface area contributed by atoms with Gasteiger partial charge in [-0.05, 0) is 69.1 Å². The molecule has 0 fully saturated rings. The zero-order chi connectivity index (χ0) is 19.3. The number of thiophene rings is 1. The molecule has 4 heteroatoms. The third-order valence-corrected chi connectivity index (χ3v) is 9.42. The van der Waals surface area contributed by atoms with Crippen LogP contribution in [0.15, 0.2) is 63.7 Å². The van der Waals surface area contributed by atoms with Crippen LogP contribution in [0.2, 0.25) is 0 Å². The minimum atomic E-state index is -1.09. The summed E-state index contributed by atoms with van der Waals surface area (Å²) >= 11 is 1.87. The molecule has 2 aromatic carbocycles. The van der Waals surface area contributed by atoms with Gasteiger partial charge < -0.3 is 9.80 Å². The summed E-state index contributed by atoms with van der Waals surface area (Å²) in [7, 11) is 7.42. The van der Waals surface area contributed by atoms with Crippen LogP contribution < -0.4 is 9.80 Å². The van der Waals surface area contributed by atoms with Crippen LogP contribution in [0.5, 0.6) is 0 Å². The monoisotopic (exact) mass is 396 g/mol. The van der Waals surface area contributed by atoms with Gasteiger partial charge >= 0.3 is 0 Å². The predicted molar refractivity (Wildman–Crippen MR) is 123 cm³/mol. The molecule has 1 aliphatic rings. The molecule has 0 spiro atoms. The number of hydrogen-bond acceptors (Lipinski definition) is 3. The number of anilines is 2. The third kappa shape index (κ3) is 2.95. The van der Waals surface area contributed by atoms with E-state index in [0.717, 1.165) is 0 Å². The molecule has 0 atom stereocenters. The molecule has 0 N–H and O–H groups in total. The number of benzene rings is 2. The van der Waals surface area contributed by atoms with E-state index in [4.69, 9.17) is 0 Å². The first kappa shape index (κ1) is 18.5. The van der Waals surface area contributed by atoms with Gasteiger partial charge in [0.25, 0.3) is 0 Å². The van der Waals surface area contributed by atoms with E-state index in [0.29, 0.717) is 5.92 Å². The van der Waals surface area contributed by atoms with Crippen molar-refractivity contribution in [2.24, 2.45) is 0 Å². The Bertz CT molecular complexity index is 911. The van der Waals surface area contributed by atoms with Crippen LogP contribution in [0.25, 0.3) is 0 Å². The Balaban J connectivity index is 2.01. The maximum Gasteiger partial charge on any atom is 0.0455 e. The molecule has 2 heterocycles. The fraction of sp³-hybridized carbons (Fsp3) is 0.304. The summed E-state index contributed by atoms with van der Waals surface area (Å²) in [6, 6.07) is 18.6. The summed E-state index contributed by atoms with van der Waals surface area (Å²) in [4.78, 5) is 8.90. The fourth-order valence-electron chi connectivity index (χ4n) is 4.01. The molecule has 1 aromatic heterocycles. The van der Waals surface area contributed by atoms with Crippen LogP contribution >= 0.6 is 21.4 Å². The Morgan fingerprint density at radius 3 is 1.70 bits per heavy atom. The zero-order valence-corrected chi connectivity index (χ0v) is 18.6. The summed E-state index contributed by atoms with van der Waals surface area (Å²) in [6.45, 7) is 0. The average molecular weight is 397 g/mol. The molecule has 0 unspecified atom stereocenters. The molecule has 0 amide bonds. The van der Waals surface area contributed by atoms with Crippen molar-refractivity contribution in [2.45, 2.75) is 15.7 Å². The fourth-order valence-corrected chi connectivity index (χ4v) is 7.49. The van der Waals surface area contributed by atoms with Gasteiger partial charge in [0.1, 0.15) is 0 Å². The maximum atomic E-state index is 2.45. The molecule has 0 bridgehead atoms. The van der Waals surface area contributed by atoms with Gasteiger partial charge in [0.15, 0.2) is 0 Å². The van der Waals surface area contributed by atoms with Gasteiger partial charge in [-0.3, -0.25) is 0 Å². The molecule has 1 aliphatic heterocycles. The van der Waals surface area contributed by atoms with Gasteiger partial charge in [-0.2, -0.15) is 10.0 Å². The zero-order valence-electron chi connectivity index (χ0n) is 17.0. The van der Waals surface area contributed by atoms with Crippen LogP contribution in [-0.4, -0.2) is 40.7 Å². The smallest absolute Gasteiger partial charge is 0.0455 e. The molecule has 0 radical (unpaired) electrons. The summed E-state index contributed by atoms with van der Waals surface area (Å²) in [5.41, 5.74) is 5.53. The summed E-state index contributed by atoms with van der Waals surface area (Å²) in [5.74, 6) is 0.336. The molecular formula is C23H28N2S2. The Morgan fingerprint density at radius 1 is 0.778 bits per heavy atom. The molecule has 4 rings (SSSR count). The van der Waals surface area contributed by atoms with Crippen molar-refractivity contribution < 1.29 is 0 Å². The minimum absolute atomic E-state index is 0.336. The second-order valence-corrected chi connectivity index (χ2v) is 12.5. The normalized spacial score (nSPS) is 16.4. The lowest BCUT2D eigenvalue weighted by Crippen LogP contribution is -2.19. The number of hydrogen-bond donors (Lipinski definition) is 0. The van der Waals surface area contributed by atoms with Crippen molar-refractivity contribution in [1.29, 1.82) is 0 Å². The number of fused-ring (bicyclic) bond motifs is 2. The highest BCUT2D eigenvalue weighted by atomic mass is 32.3. The molecule has 3 aromatic rings. The van der Waals surface area contributed by atoms with Crippen molar-refractivity contribution >= 4 is 32.7 Å². The van der Waals surface area contributed by atoms with Crippen LogP contribution in [0.1, 0.15) is 21.9 Å². The lowest BCUT2D eigenvalue weighted by Gasteiger charge is -2.44. The van der Waals surface area contributed by atoms with Crippen LogP contribution in [0, 0.1) is 0 Å². The Kier molecular flexibility index (Phi) is 4.52. The van der Waals surface area contributed by atoms with Crippen molar-refractivity contribution in [3.8, 4) is 0 Å². The molecule has 0 saturated carbocycles. The van der Waals surface area contributed by atoms with Crippen LogP contribution in [0.4, 0.5) is 11.4 Å². The molecule has 0 saturated heterocycles. The predicted octanol–water partition coefficient (Wildman–Crippen LogP) is 5.86. The van der Waals surface area contributed by atoms with Gasteiger partial charge in [0.05, 0.1) is 0 Å². The van der Waals surface area contributed by atoms with Gasteiger partial charge in [-0.15, -0.1) is 11.3 Å². The number of rotatable bonds is 3. The lowest BCUT2D eigenvalue weighted by atomic mass is 9.89. The van der Waals surface area contributed by atoms with E-state index in [2.05, 4.69) is 104 Å². The van der Waals surface area contributed by atoms with E-state index in [-0.39, 0.29) is 0 Å². The molecular weight excluding hydrogens is 368 g/mol. The summed E-state index contributed by atoms with van der Waals surface area (Å²) < 4.78 is 0. The van der Waals surface area contributed by atoms with Crippen molar-refractivity contribution in [3.63, 3.8) is 0 Å². The first-order valence-electron chi connectivity index (χ1n) is 9.20. The van der Waals surface area contributed by atoms with Gasteiger partial charge in [-0.25, -0.2) is 0 Å². The van der Waals surface area contributed by atoms with Crippen LogP contribution in [-0.2, 0) is 0 Å². The van der Waals surface area contributed by atoms with E-state index >= 15 is 0 Å². The molecule has 0 aliphatic carbocycles. The van der Waals surface area contributed by atoms with Gasteiger partial charge in [-0.1, -0.05) is 18.2 Å². The Morgan fingerprint density at radius 2 is 1.30 bits per heavy atom. The van der Waals surface area contributed by atoms with Crippen molar-refractivity contribution in [3.05, 3.63) is 69.9 Å². The van der Waals surface area contributed by atoms with E-state index in [1.807, 2.05) is 11.3 Å². The molecule has 27 heavy (non-hydrogen) atoms. The number of nitrogens with zero attached hydrogens (tertiary/aromatic N) is 2. The maximum absolute atomic E-state index is 2.45. The van der Waals surface area contributed by atoms with E-state index in [9.17, 15) is 0 Å². The first-order valence-corrected chi connectivity index (χ1v) is 12.5. The van der Waals surface area contributed by atoms with Crippen LogP contribution in [0.3, 0.4) is 0 Å². The summed E-state index contributed by atoms with van der Waals surface area (Å²) in [6.07, 6.45) is 4.91. The second kappa shape index (κ2) is 6.61. The topological polar surface area (TPSA) is 6.48 Å². The largest absolute Gasteiger partial charge is 0.378 e. The van der Waals surface area contributed by atoms with E-state index < -0.39 is 10.0 Å². The lowest BCUT2D eigenvalue weighted by molar-refractivity contribution is 0.907. The van der Waals surface area contributed by atoms with Crippen molar-refractivity contribution in [1.82, 2.24) is 0 Å². The SMILES string of the molecule is CN(C)c1ccc2c(c1)S(C)(C)c1cc(N(C)C)ccc1C2c1cccs1. The second-order valence-electron chi connectivity index (χ2n) is 8.01. The Hall–Kier alpha value is -1.91. The standard InChI is InChI=1S/C23H28N2S2/c1-24(2)16-9-11-18-21(14-16)27(5,6)22-15-17(25(3)4)10-12-19(22)23(18)20-8-7-13-26-20/h7-15,23H,1-6H3. The van der Waals surface area contributed by atoms with Crippen molar-refractivity contribution in [2.75, 3.05) is 50.5 Å². The highest BCUT2D eigenvalue weighted by Crippen LogP contribution is 2.66. The average Bonchev–Trinajstić information content (AvgIpc) is 3.15. The highest BCUT2D eigenvalue weighted by Gasteiger charge is 2.36. The van der Waals surface area contributed by atoms with Gasteiger partial charge in [0.2, 0.25) is 0 Å². The van der Waals surface area contributed by atoms with E-state index in [1.54, 1.807) is 0 Å². The third-order valence-electron chi connectivity index (χ3n) is 5.58. The summed E-state index contributed by atoms with van der Waals surface area (Å²) in [5, 5.41) is 2.20. The molecule has 142 valence electrons. The van der Waals surface area contributed by atoms with E-state index in [1.165, 1.54) is 37.2 Å².